The predicted molar refractivity (Wildman–Crippen MR) is 79.9 cm³/mol. The minimum absolute atomic E-state index is 1.03. The van der Waals surface area contributed by atoms with Crippen LogP contribution in [0.15, 0.2) is 60.7 Å². The summed E-state index contributed by atoms with van der Waals surface area (Å²) in [6.45, 7) is 0. The molecule has 3 aromatic rings. The van der Waals surface area contributed by atoms with Crippen LogP contribution in [0.4, 0.5) is 0 Å². The molecule has 0 radical (unpaired) electrons. The second-order valence-electron chi connectivity index (χ2n) is 3.90. The summed E-state index contributed by atoms with van der Waals surface area (Å²) in [6, 6.07) is 20.8. The third kappa shape index (κ3) is 2.17. The van der Waals surface area contributed by atoms with Crippen molar-refractivity contribution in [3.8, 4) is 11.3 Å². The second-order valence-corrected chi connectivity index (χ2v) is 5.14. The SMILES string of the molecule is Ic1ccc(-c2ccc3ccccc3n2)cc1. The van der Waals surface area contributed by atoms with Crippen LogP contribution in [0.25, 0.3) is 22.2 Å². The van der Waals surface area contributed by atoms with Gasteiger partial charge in [-0.2, -0.15) is 0 Å². The summed E-state index contributed by atoms with van der Waals surface area (Å²) in [5.41, 5.74) is 3.24. The number of nitrogens with zero attached hydrogens (tertiary/aromatic N) is 1. The Morgan fingerprint density at radius 1 is 0.765 bits per heavy atom. The first-order valence-corrected chi connectivity index (χ1v) is 6.52. The number of hydrogen-bond donors (Lipinski definition) is 0. The lowest BCUT2D eigenvalue weighted by molar-refractivity contribution is 1.40. The molecule has 82 valence electrons. The van der Waals surface area contributed by atoms with Gasteiger partial charge in [0, 0.05) is 14.5 Å². The molecule has 1 heterocycles. The maximum atomic E-state index is 4.67. The first-order valence-electron chi connectivity index (χ1n) is 5.45. The van der Waals surface area contributed by atoms with Crippen molar-refractivity contribution in [2.24, 2.45) is 0 Å². The van der Waals surface area contributed by atoms with Crippen molar-refractivity contribution >= 4 is 33.5 Å². The van der Waals surface area contributed by atoms with Crippen LogP contribution in [0.5, 0.6) is 0 Å². The molecule has 17 heavy (non-hydrogen) atoms. The quantitative estimate of drug-likeness (QED) is 0.598. The maximum Gasteiger partial charge on any atom is 0.0709 e. The van der Waals surface area contributed by atoms with Gasteiger partial charge in [-0.15, -0.1) is 0 Å². The molecule has 2 aromatic carbocycles. The predicted octanol–water partition coefficient (Wildman–Crippen LogP) is 4.51. The Bertz CT molecular complexity index is 659. The van der Waals surface area contributed by atoms with E-state index < -0.39 is 0 Å². The Morgan fingerprint density at radius 2 is 1.53 bits per heavy atom. The Morgan fingerprint density at radius 3 is 2.35 bits per heavy atom. The third-order valence-corrected chi connectivity index (χ3v) is 3.46. The number of benzene rings is 2. The molecule has 1 nitrogen and oxygen atoms in total. The smallest absolute Gasteiger partial charge is 0.0709 e. The van der Waals surface area contributed by atoms with Crippen LogP contribution in [-0.2, 0) is 0 Å². The number of pyridine rings is 1. The molecule has 0 unspecified atom stereocenters. The van der Waals surface area contributed by atoms with Crippen molar-refractivity contribution in [2.75, 3.05) is 0 Å². The molecule has 0 bridgehead atoms. The van der Waals surface area contributed by atoms with Gasteiger partial charge < -0.3 is 0 Å². The first kappa shape index (κ1) is 10.7. The van der Waals surface area contributed by atoms with Gasteiger partial charge in [-0.1, -0.05) is 36.4 Å². The van der Waals surface area contributed by atoms with Crippen molar-refractivity contribution in [1.29, 1.82) is 0 Å². The molecule has 0 N–H and O–H groups in total. The zero-order valence-corrected chi connectivity index (χ0v) is 11.3. The lowest BCUT2D eigenvalue weighted by Crippen LogP contribution is -1.85. The van der Waals surface area contributed by atoms with E-state index in [0.29, 0.717) is 0 Å². The van der Waals surface area contributed by atoms with Crippen molar-refractivity contribution in [3.05, 3.63) is 64.2 Å². The molecule has 0 amide bonds. The van der Waals surface area contributed by atoms with Gasteiger partial charge in [0.1, 0.15) is 0 Å². The van der Waals surface area contributed by atoms with Crippen molar-refractivity contribution in [2.45, 2.75) is 0 Å². The molecular weight excluding hydrogens is 321 g/mol. The highest BCUT2D eigenvalue weighted by Gasteiger charge is 2.00. The van der Waals surface area contributed by atoms with E-state index in [1.165, 1.54) is 8.96 Å². The van der Waals surface area contributed by atoms with Crippen LogP contribution in [0, 0.1) is 3.57 Å². The van der Waals surface area contributed by atoms with Crippen molar-refractivity contribution in [1.82, 2.24) is 4.98 Å². The van der Waals surface area contributed by atoms with Gasteiger partial charge in [0.25, 0.3) is 0 Å². The molecule has 0 saturated carbocycles. The molecule has 2 heteroatoms. The van der Waals surface area contributed by atoms with Crippen molar-refractivity contribution in [3.63, 3.8) is 0 Å². The number of rotatable bonds is 1. The van der Waals surface area contributed by atoms with Crippen LogP contribution in [0.3, 0.4) is 0 Å². The molecular formula is C15H10IN. The molecule has 0 spiro atoms. The number of para-hydroxylation sites is 1. The molecule has 0 saturated heterocycles. The van der Waals surface area contributed by atoms with Gasteiger partial charge in [-0.25, -0.2) is 4.98 Å². The van der Waals surface area contributed by atoms with Crippen LogP contribution in [0.2, 0.25) is 0 Å². The number of fused-ring (bicyclic) bond motifs is 1. The minimum atomic E-state index is 1.03. The monoisotopic (exact) mass is 331 g/mol. The number of halogens is 1. The topological polar surface area (TPSA) is 12.9 Å². The van der Waals surface area contributed by atoms with E-state index >= 15 is 0 Å². The number of aromatic nitrogens is 1. The third-order valence-electron chi connectivity index (χ3n) is 2.74. The summed E-state index contributed by atoms with van der Waals surface area (Å²) in [6.07, 6.45) is 0. The summed E-state index contributed by atoms with van der Waals surface area (Å²) in [5, 5.41) is 1.18. The van der Waals surface area contributed by atoms with Gasteiger partial charge in [-0.05, 0) is 46.9 Å². The lowest BCUT2D eigenvalue weighted by atomic mass is 10.1. The van der Waals surface area contributed by atoms with E-state index in [0.717, 1.165) is 16.8 Å². The summed E-state index contributed by atoms with van der Waals surface area (Å²) >= 11 is 2.31. The fourth-order valence-corrected chi connectivity index (χ4v) is 2.21. The molecule has 0 aliphatic heterocycles. The standard InChI is InChI=1S/C15H10IN/c16-13-8-5-12(6-9-13)15-10-7-11-3-1-2-4-14(11)17-15/h1-10H. The zero-order valence-electron chi connectivity index (χ0n) is 9.10. The van der Waals surface area contributed by atoms with E-state index in [-0.39, 0.29) is 0 Å². The Kier molecular flexibility index (Phi) is 2.81. The van der Waals surface area contributed by atoms with Gasteiger partial charge >= 0.3 is 0 Å². The highest BCUT2D eigenvalue weighted by atomic mass is 127. The van der Waals surface area contributed by atoms with E-state index in [1.807, 2.05) is 18.2 Å². The Hall–Kier alpha value is -1.42. The lowest BCUT2D eigenvalue weighted by Gasteiger charge is -2.03. The van der Waals surface area contributed by atoms with Crippen LogP contribution in [0.1, 0.15) is 0 Å². The normalized spacial score (nSPS) is 10.6. The maximum absolute atomic E-state index is 4.67. The Labute approximate surface area is 114 Å². The average Bonchev–Trinajstić information content (AvgIpc) is 2.39. The average molecular weight is 331 g/mol. The van der Waals surface area contributed by atoms with Crippen LogP contribution in [-0.4, -0.2) is 4.98 Å². The fraction of sp³-hybridized carbons (Fsp3) is 0. The van der Waals surface area contributed by atoms with Crippen molar-refractivity contribution < 1.29 is 0 Å². The fourth-order valence-electron chi connectivity index (χ4n) is 1.85. The molecule has 0 aliphatic rings. The molecule has 0 fully saturated rings. The second kappa shape index (κ2) is 4.45. The van der Waals surface area contributed by atoms with Gasteiger partial charge in [0.2, 0.25) is 0 Å². The zero-order chi connectivity index (χ0) is 11.7. The highest BCUT2D eigenvalue weighted by molar-refractivity contribution is 14.1. The van der Waals surface area contributed by atoms with Crippen LogP contribution >= 0.6 is 22.6 Å². The minimum Gasteiger partial charge on any atom is -0.248 e. The molecule has 0 aliphatic carbocycles. The summed E-state index contributed by atoms with van der Waals surface area (Å²) < 4.78 is 1.24. The Balaban J connectivity index is 2.14. The number of hydrogen-bond acceptors (Lipinski definition) is 1. The van der Waals surface area contributed by atoms with Gasteiger partial charge in [0.15, 0.2) is 0 Å². The summed E-state index contributed by atoms with van der Waals surface area (Å²) in [4.78, 5) is 4.67. The first-order chi connectivity index (χ1) is 8.33. The summed E-state index contributed by atoms with van der Waals surface area (Å²) in [5.74, 6) is 0. The van der Waals surface area contributed by atoms with E-state index in [4.69, 9.17) is 0 Å². The molecule has 1 aromatic heterocycles. The van der Waals surface area contributed by atoms with E-state index in [9.17, 15) is 0 Å². The van der Waals surface area contributed by atoms with Gasteiger partial charge in [-0.3, -0.25) is 0 Å². The van der Waals surface area contributed by atoms with Crippen LogP contribution < -0.4 is 0 Å². The van der Waals surface area contributed by atoms with E-state index in [2.05, 4.69) is 70.0 Å². The van der Waals surface area contributed by atoms with Gasteiger partial charge in [0.05, 0.1) is 11.2 Å². The highest BCUT2D eigenvalue weighted by Crippen LogP contribution is 2.21. The summed E-state index contributed by atoms with van der Waals surface area (Å²) in [7, 11) is 0. The largest absolute Gasteiger partial charge is 0.248 e. The molecule has 0 atom stereocenters. The van der Waals surface area contributed by atoms with E-state index in [1.54, 1.807) is 0 Å². The molecule has 3 rings (SSSR count).